The first kappa shape index (κ1) is 15.8. The van der Waals surface area contributed by atoms with Gasteiger partial charge in [0, 0.05) is 23.2 Å². The highest BCUT2D eigenvalue weighted by atomic mass is 16.5. The van der Waals surface area contributed by atoms with E-state index in [0.717, 1.165) is 23.1 Å². The molecule has 0 saturated heterocycles. The summed E-state index contributed by atoms with van der Waals surface area (Å²) in [6.45, 7) is 1.93. The van der Waals surface area contributed by atoms with E-state index in [2.05, 4.69) is 12.2 Å². The van der Waals surface area contributed by atoms with Crippen molar-refractivity contribution in [3.05, 3.63) is 70.6 Å². The molecule has 0 fully saturated rings. The standard InChI is InChI=1S/C19H17NO4/c1-2-13-4-3-5-15(10-13)20-18(21)12-23-16-8-6-14-7-9-19(22)24-17(14)11-16/h3-11H,2,12H2,1H3,(H,20,21). The Bertz CT molecular complexity index is 930. The Hall–Kier alpha value is -3.08. The number of aryl methyl sites for hydroxylation is 1. The summed E-state index contributed by atoms with van der Waals surface area (Å²) in [4.78, 5) is 23.2. The lowest BCUT2D eigenvalue weighted by molar-refractivity contribution is -0.118. The molecular formula is C19H17NO4. The molecule has 5 heteroatoms. The smallest absolute Gasteiger partial charge is 0.336 e. The highest BCUT2D eigenvalue weighted by Crippen LogP contribution is 2.19. The third-order valence-electron chi connectivity index (χ3n) is 3.58. The highest BCUT2D eigenvalue weighted by molar-refractivity contribution is 5.92. The van der Waals surface area contributed by atoms with Crippen molar-refractivity contribution < 1.29 is 13.9 Å². The van der Waals surface area contributed by atoms with Gasteiger partial charge in [0.15, 0.2) is 6.61 Å². The SMILES string of the molecule is CCc1cccc(NC(=O)COc2ccc3ccc(=O)oc3c2)c1. The average Bonchev–Trinajstić information content (AvgIpc) is 2.59. The van der Waals surface area contributed by atoms with E-state index in [9.17, 15) is 9.59 Å². The lowest BCUT2D eigenvalue weighted by Crippen LogP contribution is -2.20. The third kappa shape index (κ3) is 3.81. The molecule has 1 amide bonds. The molecule has 3 aromatic rings. The van der Waals surface area contributed by atoms with Crippen LogP contribution in [0.25, 0.3) is 11.0 Å². The number of hydrogen-bond donors (Lipinski definition) is 1. The molecule has 0 aliphatic rings. The monoisotopic (exact) mass is 323 g/mol. The molecule has 1 heterocycles. The molecule has 3 rings (SSSR count). The molecule has 1 N–H and O–H groups in total. The number of fused-ring (bicyclic) bond motifs is 1. The Kier molecular flexibility index (Phi) is 4.61. The maximum atomic E-state index is 12.0. The Balaban J connectivity index is 1.64. The van der Waals surface area contributed by atoms with Crippen molar-refractivity contribution in [2.24, 2.45) is 0 Å². The number of benzene rings is 2. The van der Waals surface area contributed by atoms with Gasteiger partial charge in [-0.2, -0.15) is 0 Å². The van der Waals surface area contributed by atoms with E-state index in [-0.39, 0.29) is 12.5 Å². The minimum absolute atomic E-state index is 0.126. The van der Waals surface area contributed by atoms with Gasteiger partial charge in [0.2, 0.25) is 0 Å². The number of carbonyl (C=O) groups excluding carboxylic acids is 1. The van der Waals surface area contributed by atoms with Crippen LogP contribution in [-0.4, -0.2) is 12.5 Å². The molecular weight excluding hydrogens is 306 g/mol. The molecule has 2 aromatic carbocycles. The number of anilines is 1. The van der Waals surface area contributed by atoms with Gasteiger partial charge in [0.05, 0.1) is 0 Å². The molecule has 0 bridgehead atoms. The predicted molar refractivity (Wildman–Crippen MR) is 92.4 cm³/mol. The van der Waals surface area contributed by atoms with E-state index >= 15 is 0 Å². The number of amides is 1. The van der Waals surface area contributed by atoms with Crippen molar-refractivity contribution in [2.45, 2.75) is 13.3 Å². The predicted octanol–water partition coefficient (Wildman–Crippen LogP) is 3.37. The molecule has 0 saturated carbocycles. The van der Waals surface area contributed by atoms with E-state index in [0.29, 0.717) is 11.3 Å². The van der Waals surface area contributed by atoms with Crippen LogP contribution in [0, 0.1) is 0 Å². The van der Waals surface area contributed by atoms with Crippen molar-refractivity contribution in [1.29, 1.82) is 0 Å². The maximum absolute atomic E-state index is 12.0. The van der Waals surface area contributed by atoms with Gasteiger partial charge in [0.1, 0.15) is 11.3 Å². The largest absolute Gasteiger partial charge is 0.484 e. The maximum Gasteiger partial charge on any atom is 0.336 e. The molecule has 0 radical (unpaired) electrons. The number of ether oxygens (including phenoxy) is 1. The zero-order valence-corrected chi connectivity index (χ0v) is 13.2. The first-order valence-corrected chi connectivity index (χ1v) is 7.69. The van der Waals surface area contributed by atoms with Gasteiger partial charge in [0.25, 0.3) is 5.91 Å². The molecule has 0 aliphatic heterocycles. The Labute approximate surface area is 138 Å². The summed E-state index contributed by atoms with van der Waals surface area (Å²) in [5, 5.41) is 3.59. The van der Waals surface area contributed by atoms with E-state index < -0.39 is 5.63 Å². The number of rotatable bonds is 5. The first-order chi connectivity index (χ1) is 11.6. The van der Waals surface area contributed by atoms with Crippen LogP contribution >= 0.6 is 0 Å². The molecule has 0 unspecified atom stereocenters. The Morgan fingerprint density at radius 2 is 1.96 bits per heavy atom. The van der Waals surface area contributed by atoms with Crippen molar-refractivity contribution in [1.82, 2.24) is 0 Å². The number of nitrogens with one attached hydrogen (secondary N) is 1. The zero-order chi connectivity index (χ0) is 16.9. The average molecular weight is 323 g/mol. The first-order valence-electron chi connectivity index (χ1n) is 7.69. The Morgan fingerprint density at radius 3 is 2.79 bits per heavy atom. The number of hydrogen-bond acceptors (Lipinski definition) is 4. The van der Waals surface area contributed by atoms with Gasteiger partial charge in [-0.25, -0.2) is 4.79 Å². The zero-order valence-electron chi connectivity index (χ0n) is 13.2. The second-order valence-electron chi connectivity index (χ2n) is 5.34. The summed E-state index contributed by atoms with van der Waals surface area (Å²) in [6.07, 6.45) is 0.905. The van der Waals surface area contributed by atoms with E-state index in [1.54, 1.807) is 24.3 Å². The second-order valence-corrected chi connectivity index (χ2v) is 5.34. The fourth-order valence-corrected chi connectivity index (χ4v) is 2.35. The van der Waals surface area contributed by atoms with Gasteiger partial charge in [-0.1, -0.05) is 19.1 Å². The summed E-state index contributed by atoms with van der Waals surface area (Å²) in [7, 11) is 0. The summed E-state index contributed by atoms with van der Waals surface area (Å²) in [5.74, 6) is 0.215. The highest BCUT2D eigenvalue weighted by Gasteiger charge is 2.06. The second kappa shape index (κ2) is 7.00. The van der Waals surface area contributed by atoms with Crippen molar-refractivity contribution in [3.8, 4) is 5.75 Å². The summed E-state index contributed by atoms with van der Waals surface area (Å²) < 4.78 is 10.6. The molecule has 5 nitrogen and oxygen atoms in total. The van der Waals surface area contributed by atoms with Crippen molar-refractivity contribution >= 4 is 22.6 Å². The van der Waals surface area contributed by atoms with Crippen LogP contribution in [0.5, 0.6) is 5.75 Å². The Morgan fingerprint density at radius 1 is 1.12 bits per heavy atom. The van der Waals surface area contributed by atoms with Crippen LogP contribution in [0.2, 0.25) is 0 Å². The molecule has 0 aliphatic carbocycles. The molecule has 122 valence electrons. The van der Waals surface area contributed by atoms with Gasteiger partial charge in [-0.3, -0.25) is 4.79 Å². The normalized spacial score (nSPS) is 10.5. The van der Waals surface area contributed by atoms with Crippen molar-refractivity contribution in [3.63, 3.8) is 0 Å². The van der Waals surface area contributed by atoms with E-state index in [4.69, 9.17) is 9.15 Å². The lowest BCUT2D eigenvalue weighted by atomic mass is 10.1. The molecule has 0 atom stereocenters. The molecule has 0 spiro atoms. The van der Waals surface area contributed by atoms with E-state index in [1.165, 1.54) is 6.07 Å². The number of carbonyl (C=O) groups is 1. The van der Waals surface area contributed by atoms with Crippen LogP contribution in [0.4, 0.5) is 5.69 Å². The summed E-state index contributed by atoms with van der Waals surface area (Å²) in [5.41, 5.74) is 1.90. The van der Waals surface area contributed by atoms with Crippen LogP contribution in [0.3, 0.4) is 0 Å². The van der Waals surface area contributed by atoms with Crippen LogP contribution < -0.4 is 15.7 Å². The van der Waals surface area contributed by atoms with Crippen LogP contribution in [0.15, 0.2) is 63.8 Å². The summed E-state index contributed by atoms with van der Waals surface area (Å²) >= 11 is 0. The van der Waals surface area contributed by atoms with Crippen LogP contribution in [-0.2, 0) is 11.2 Å². The molecule has 1 aromatic heterocycles. The van der Waals surface area contributed by atoms with Crippen molar-refractivity contribution in [2.75, 3.05) is 11.9 Å². The van der Waals surface area contributed by atoms with Gasteiger partial charge >= 0.3 is 5.63 Å². The fraction of sp³-hybridized carbons (Fsp3) is 0.158. The minimum Gasteiger partial charge on any atom is -0.484 e. The lowest BCUT2D eigenvalue weighted by Gasteiger charge is -2.09. The van der Waals surface area contributed by atoms with Crippen LogP contribution in [0.1, 0.15) is 12.5 Å². The topological polar surface area (TPSA) is 68.5 Å². The minimum atomic E-state index is -0.423. The quantitative estimate of drug-likeness (QED) is 0.731. The molecule has 24 heavy (non-hydrogen) atoms. The summed E-state index contributed by atoms with van der Waals surface area (Å²) in [6, 6.07) is 15.8. The fourth-order valence-electron chi connectivity index (χ4n) is 2.35. The van der Waals surface area contributed by atoms with Gasteiger partial charge < -0.3 is 14.5 Å². The van der Waals surface area contributed by atoms with Gasteiger partial charge in [-0.15, -0.1) is 0 Å². The van der Waals surface area contributed by atoms with Gasteiger partial charge in [-0.05, 0) is 42.3 Å². The third-order valence-corrected chi connectivity index (χ3v) is 3.58. The van der Waals surface area contributed by atoms with E-state index in [1.807, 2.05) is 24.3 Å².